The summed E-state index contributed by atoms with van der Waals surface area (Å²) in [4.78, 5) is 16.8. The van der Waals surface area contributed by atoms with Crippen LogP contribution in [0.2, 0.25) is 5.02 Å². The second-order valence-corrected chi connectivity index (χ2v) is 5.93. The van der Waals surface area contributed by atoms with Gasteiger partial charge in [0.25, 0.3) is 5.91 Å². The molecule has 0 spiro atoms. The average molecular weight is 309 g/mol. The number of nitrogens with zero attached hydrogens (tertiary/aromatic N) is 1. The van der Waals surface area contributed by atoms with E-state index < -0.39 is 0 Å². The summed E-state index contributed by atoms with van der Waals surface area (Å²) >= 11 is 5.79. The number of carbonyl (C=O) groups excluding carboxylic acids is 1. The molecule has 1 aliphatic rings. The highest BCUT2D eigenvalue weighted by molar-refractivity contribution is 6.30. The molecule has 0 unspecified atom stereocenters. The molecule has 1 amide bonds. The summed E-state index contributed by atoms with van der Waals surface area (Å²) in [6.07, 6.45) is 6.24. The summed E-state index contributed by atoms with van der Waals surface area (Å²) in [6, 6.07) is 7.49. The number of carbonyl (C=O) groups is 1. The molecule has 1 aromatic carbocycles. The van der Waals surface area contributed by atoms with E-state index in [2.05, 4.69) is 17.4 Å². The Labute approximate surface area is 130 Å². The van der Waals surface area contributed by atoms with Crippen molar-refractivity contribution in [1.29, 1.82) is 0 Å². The third kappa shape index (κ3) is 5.38. The van der Waals surface area contributed by atoms with Crippen molar-refractivity contribution in [2.24, 2.45) is 11.1 Å². The van der Waals surface area contributed by atoms with E-state index in [0.29, 0.717) is 10.9 Å². The lowest BCUT2D eigenvalue weighted by Gasteiger charge is -2.29. The standard InChI is InChI=1S/C16H21ClN2O2/c1-12-4-2-3-5-15(12)19-16(20)11-21-18-10-13-6-8-14(17)9-7-13/h6-10,12,15H,2-5,11H2,1H3,(H,19,20)/b18-10-/t12-,15-/m1/s1. The molecule has 2 atom stereocenters. The van der Waals surface area contributed by atoms with Gasteiger partial charge >= 0.3 is 0 Å². The monoisotopic (exact) mass is 308 g/mol. The van der Waals surface area contributed by atoms with Gasteiger partial charge in [0.15, 0.2) is 6.61 Å². The normalized spacial score (nSPS) is 22.2. The number of rotatable bonds is 5. The summed E-state index contributed by atoms with van der Waals surface area (Å²) < 4.78 is 0. The summed E-state index contributed by atoms with van der Waals surface area (Å²) in [5.74, 6) is 0.433. The lowest BCUT2D eigenvalue weighted by molar-refractivity contribution is -0.126. The van der Waals surface area contributed by atoms with Crippen molar-refractivity contribution >= 4 is 23.7 Å². The van der Waals surface area contributed by atoms with Gasteiger partial charge in [-0.2, -0.15) is 0 Å². The molecule has 1 fully saturated rings. The zero-order chi connectivity index (χ0) is 15.1. The number of hydrogen-bond donors (Lipinski definition) is 1. The lowest BCUT2D eigenvalue weighted by Crippen LogP contribution is -2.42. The maximum atomic E-state index is 11.8. The van der Waals surface area contributed by atoms with E-state index in [1.165, 1.54) is 19.3 Å². The van der Waals surface area contributed by atoms with Gasteiger partial charge < -0.3 is 10.2 Å². The Bertz CT molecular complexity index is 488. The Morgan fingerprint density at radius 1 is 1.38 bits per heavy atom. The van der Waals surface area contributed by atoms with Crippen molar-refractivity contribution in [3.05, 3.63) is 34.9 Å². The third-order valence-corrected chi connectivity index (χ3v) is 4.05. The maximum absolute atomic E-state index is 11.8. The molecule has 0 heterocycles. The van der Waals surface area contributed by atoms with E-state index in [1.54, 1.807) is 18.3 Å². The van der Waals surface area contributed by atoms with E-state index in [1.807, 2.05) is 12.1 Å². The smallest absolute Gasteiger partial charge is 0.261 e. The minimum atomic E-state index is -0.109. The number of hydrogen-bond acceptors (Lipinski definition) is 3. The van der Waals surface area contributed by atoms with Crippen LogP contribution in [0.1, 0.15) is 38.2 Å². The molecule has 0 radical (unpaired) electrons. The van der Waals surface area contributed by atoms with Crippen LogP contribution in [0.4, 0.5) is 0 Å². The van der Waals surface area contributed by atoms with Gasteiger partial charge in [0, 0.05) is 11.1 Å². The van der Waals surface area contributed by atoms with Crippen molar-refractivity contribution < 1.29 is 9.63 Å². The molecule has 1 saturated carbocycles. The molecule has 1 aromatic rings. The molecule has 0 aromatic heterocycles. The van der Waals surface area contributed by atoms with Crippen LogP contribution < -0.4 is 5.32 Å². The first kappa shape index (κ1) is 15.8. The van der Waals surface area contributed by atoms with Crippen LogP contribution in [0.3, 0.4) is 0 Å². The SMILES string of the molecule is C[C@@H]1CCCC[C@H]1NC(=O)CO/N=C\c1ccc(Cl)cc1. The van der Waals surface area contributed by atoms with E-state index in [4.69, 9.17) is 16.4 Å². The Morgan fingerprint density at radius 2 is 2.10 bits per heavy atom. The first-order chi connectivity index (χ1) is 10.1. The molecule has 0 bridgehead atoms. The molecule has 0 saturated heterocycles. The second-order valence-electron chi connectivity index (χ2n) is 5.50. The molecule has 1 N–H and O–H groups in total. The second kappa shape index (κ2) is 8.03. The van der Waals surface area contributed by atoms with E-state index >= 15 is 0 Å². The lowest BCUT2D eigenvalue weighted by atomic mass is 9.86. The Balaban J connectivity index is 1.70. The molecule has 5 heteroatoms. The Kier molecular flexibility index (Phi) is 6.05. The van der Waals surface area contributed by atoms with Gasteiger partial charge in [-0.1, -0.05) is 48.7 Å². The molecular weight excluding hydrogens is 288 g/mol. The van der Waals surface area contributed by atoms with Crippen molar-refractivity contribution in [1.82, 2.24) is 5.32 Å². The fraction of sp³-hybridized carbons (Fsp3) is 0.500. The Hall–Kier alpha value is -1.55. The van der Waals surface area contributed by atoms with Crippen LogP contribution in [0, 0.1) is 5.92 Å². The van der Waals surface area contributed by atoms with Gasteiger partial charge in [-0.25, -0.2) is 0 Å². The highest BCUT2D eigenvalue weighted by atomic mass is 35.5. The number of halogens is 1. The van der Waals surface area contributed by atoms with Crippen molar-refractivity contribution in [3.63, 3.8) is 0 Å². The number of benzene rings is 1. The maximum Gasteiger partial charge on any atom is 0.261 e. The highest BCUT2D eigenvalue weighted by Gasteiger charge is 2.22. The zero-order valence-electron chi connectivity index (χ0n) is 12.2. The molecule has 21 heavy (non-hydrogen) atoms. The minimum absolute atomic E-state index is 0.0483. The summed E-state index contributed by atoms with van der Waals surface area (Å²) in [5.41, 5.74) is 0.876. The van der Waals surface area contributed by atoms with E-state index in [-0.39, 0.29) is 18.6 Å². The summed E-state index contributed by atoms with van der Waals surface area (Å²) in [7, 11) is 0. The zero-order valence-corrected chi connectivity index (χ0v) is 13.0. The number of oxime groups is 1. The summed E-state index contributed by atoms with van der Waals surface area (Å²) in [5, 5.41) is 7.49. The van der Waals surface area contributed by atoms with Crippen LogP contribution >= 0.6 is 11.6 Å². The highest BCUT2D eigenvalue weighted by Crippen LogP contribution is 2.23. The molecule has 0 aliphatic heterocycles. The van der Waals surface area contributed by atoms with Crippen LogP contribution in [0.15, 0.2) is 29.4 Å². The van der Waals surface area contributed by atoms with Crippen LogP contribution in [-0.4, -0.2) is 24.8 Å². The average Bonchev–Trinajstić information content (AvgIpc) is 2.48. The van der Waals surface area contributed by atoms with Crippen LogP contribution in [0.25, 0.3) is 0 Å². The third-order valence-electron chi connectivity index (χ3n) is 3.80. The molecule has 4 nitrogen and oxygen atoms in total. The van der Waals surface area contributed by atoms with Crippen molar-refractivity contribution in [2.75, 3.05) is 6.61 Å². The van der Waals surface area contributed by atoms with Crippen molar-refractivity contribution in [2.45, 2.75) is 38.6 Å². The van der Waals surface area contributed by atoms with Gasteiger partial charge in [0.1, 0.15) is 0 Å². The predicted octanol–water partition coefficient (Wildman–Crippen LogP) is 3.39. The van der Waals surface area contributed by atoms with Gasteiger partial charge in [-0.05, 0) is 36.5 Å². The molecule has 2 rings (SSSR count). The molecule has 1 aliphatic carbocycles. The fourth-order valence-electron chi connectivity index (χ4n) is 2.52. The van der Waals surface area contributed by atoms with Crippen LogP contribution in [0.5, 0.6) is 0 Å². The minimum Gasteiger partial charge on any atom is -0.386 e. The largest absolute Gasteiger partial charge is 0.386 e. The van der Waals surface area contributed by atoms with Gasteiger partial charge in [0.2, 0.25) is 0 Å². The number of nitrogens with one attached hydrogen (secondary N) is 1. The van der Waals surface area contributed by atoms with Gasteiger partial charge in [-0.3, -0.25) is 4.79 Å². The van der Waals surface area contributed by atoms with E-state index in [0.717, 1.165) is 12.0 Å². The van der Waals surface area contributed by atoms with Crippen LogP contribution in [-0.2, 0) is 9.63 Å². The van der Waals surface area contributed by atoms with E-state index in [9.17, 15) is 4.79 Å². The van der Waals surface area contributed by atoms with Gasteiger partial charge in [-0.15, -0.1) is 0 Å². The predicted molar refractivity (Wildman–Crippen MR) is 84.6 cm³/mol. The molecular formula is C16H21ClN2O2. The van der Waals surface area contributed by atoms with Gasteiger partial charge in [0.05, 0.1) is 6.21 Å². The Morgan fingerprint density at radius 3 is 2.81 bits per heavy atom. The topological polar surface area (TPSA) is 50.7 Å². The molecule has 114 valence electrons. The quantitative estimate of drug-likeness (QED) is 0.669. The first-order valence-electron chi connectivity index (χ1n) is 7.35. The summed E-state index contributed by atoms with van der Waals surface area (Å²) in [6.45, 7) is 2.14. The fourth-order valence-corrected chi connectivity index (χ4v) is 2.65. The van der Waals surface area contributed by atoms with Crippen molar-refractivity contribution in [3.8, 4) is 0 Å². The number of amides is 1. The first-order valence-corrected chi connectivity index (χ1v) is 7.73.